The summed E-state index contributed by atoms with van der Waals surface area (Å²) in [6.45, 7) is 2.27. The summed E-state index contributed by atoms with van der Waals surface area (Å²) in [7, 11) is -4.78. The molecule has 12 heteroatoms. The number of allylic oxidation sites excluding steroid dienone is 16. The number of hydrogen-bond donors (Lipinski definition) is 4. The Hall–Kier alpha value is -3.60. The topological polar surface area (TPSA) is 169 Å². The highest BCUT2D eigenvalue weighted by Crippen LogP contribution is 2.43. The number of carbonyl (C=O) groups is 3. The lowest BCUT2D eigenvalue weighted by molar-refractivity contribution is -0.147. The van der Waals surface area contributed by atoms with Crippen molar-refractivity contribution in [3.8, 4) is 0 Å². The first kappa shape index (κ1) is 52.4. The molecule has 11 nitrogen and oxygen atoms in total. The third-order valence-electron chi connectivity index (χ3n) is 7.87. The molecule has 0 saturated heterocycles. The Balaban J connectivity index is 4.07. The number of nitrogens with one attached hydrogen (secondary N) is 1. The van der Waals surface area contributed by atoms with Gasteiger partial charge in [0.1, 0.15) is 12.7 Å². The molecule has 0 saturated carbocycles. The largest absolute Gasteiger partial charge is 0.480 e. The van der Waals surface area contributed by atoms with E-state index < -0.39 is 57.6 Å². The summed E-state index contributed by atoms with van der Waals surface area (Å²) in [4.78, 5) is 45.8. The van der Waals surface area contributed by atoms with Gasteiger partial charge in [0, 0.05) is 12.8 Å². The van der Waals surface area contributed by atoms with Gasteiger partial charge in [0.25, 0.3) is 0 Å². The zero-order chi connectivity index (χ0) is 41.4. The molecule has 0 aromatic heterocycles. The molecule has 0 aliphatic rings. The van der Waals surface area contributed by atoms with Crippen molar-refractivity contribution < 1.29 is 47.8 Å². The van der Waals surface area contributed by atoms with Crippen LogP contribution in [-0.2, 0) is 32.7 Å². The Kier molecular flexibility index (Phi) is 35.8. The summed E-state index contributed by atoms with van der Waals surface area (Å²) in [5, 5.41) is 21.7. The van der Waals surface area contributed by atoms with Crippen molar-refractivity contribution in [1.82, 2.24) is 5.32 Å². The van der Waals surface area contributed by atoms with Crippen LogP contribution < -0.4 is 5.32 Å². The van der Waals surface area contributed by atoms with Crippen LogP contribution in [0.3, 0.4) is 0 Å². The van der Waals surface area contributed by atoms with Crippen molar-refractivity contribution in [1.29, 1.82) is 0 Å². The van der Waals surface area contributed by atoms with Crippen molar-refractivity contribution in [3.63, 3.8) is 0 Å². The molecule has 0 aliphatic heterocycles. The first-order valence-electron chi connectivity index (χ1n) is 20.3. The molecule has 0 radical (unpaired) electrons. The maximum atomic E-state index is 12.3. The maximum absolute atomic E-state index is 12.3. The average Bonchev–Trinajstić information content (AvgIpc) is 3.17. The van der Waals surface area contributed by atoms with Gasteiger partial charge in [-0.1, -0.05) is 130 Å². The second-order valence-corrected chi connectivity index (χ2v) is 14.5. The van der Waals surface area contributed by atoms with Gasteiger partial charge in [0.15, 0.2) is 6.04 Å². The quantitative estimate of drug-likeness (QED) is 0.0207. The second-order valence-electron chi connectivity index (χ2n) is 13.1. The van der Waals surface area contributed by atoms with Gasteiger partial charge in [0.2, 0.25) is 5.91 Å². The summed E-state index contributed by atoms with van der Waals surface area (Å²) in [5.74, 6) is -2.49. The van der Waals surface area contributed by atoms with Gasteiger partial charge in [-0.2, -0.15) is 0 Å². The van der Waals surface area contributed by atoms with Gasteiger partial charge in [0.05, 0.1) is 13.2 Å². The van der Waals surface area contributed by atoms with Crippen molar-refractivity contribution in [2.45, 2.75) is 142 Å². The number of esters is 1. The summed E-state index contributed by atoms with van der Waals surface area (Å²) in [5.41, 5.74) is 0. The van der Waals surface area contributed by atoms with E-state index in [1.54, 1.807) is 0 Å². The van der Waals surface area contributed by atoms with Gasteiger partial charge < -0.3 is 25.2 Å². The standard InChI is InChI=1S/C44H70NO10P/c1-3-5-7-9-11-13-15-17-19-20-22-23-25-27-29-31-33-35-42(47)45-41(44(49)50)39-55-56(51,52)54-38-40(46)37-53-43(48)36-34-32-30-28-26-24-21-18-16-14-12-10-8-6-4-2/h5-8,11-14,17-19,21-23,27,29,40-41,46H,3-4,9-10,15-16,20,24-26,28,30-39H2,1-2H3,(H,45,47)(H,49,50)(H,51,52)/b7-5-,8-6-,13-11-,14-12-,19-17-,21-18-,23-22-,29-27-. The predicted octanol–water partition coefficient (Wildman–Crippen LogP) is 10.1. The minimum Gasteiger partial charge on any atom is -0.480 e. The third-order valence-corrected chi connectivity index (χ3v) is 8.82. The zero-order valence-corrected chi connectivity index (χ0v) is 34.8. The number of phosphoric ester groups is 1. The van der Waals surface area contributed by atoms with Crippen LogP contribution in [0.25, 0.3) is 0 Å². The molecule has 0 spiro atoms. The Morgan fingerprint density at radius 1 is 0.571 bits per heavy atom. The number of unbranched alkanes of at least 4 members (excludes halogenated alkanes) is 6. The number of phosphoric acid groups is 1. The third kappa shape index (κ3) is 37.3. The summed E-state index contributed by atoms with van der Waals surface area (Å²) in [6.07, 6.45) is 47.3. The minimum absolute atomic E-state index is 0.0600. The Bertz CT molecular complexity index is 1310. The van der Waals surface area contributed by atoms with E-state index in [9.17, 15) is 34.1 Å². The molecule has 0 rings (SSSR count). The summed E-state index contributed by atoms with van der Waals surface area (Å²) in [6, 6.07) is -1.58. The highest BCUT2D eigenvalue weighted by molar-refractivity contribution is 7.47. The van der Waals surface area contributed by atoms with Crippen LogP contribution in [-0.4, -0.2) is 64.9 Å². The monoisotopic (exact) mass is 803 g/mol. The molecule has 3 unspecified atom stereocenters. The molecule has 1 amide bonds. The number of carbonyl (C=O) groups excluding carboxylic acids is 2. The summed E-state index contributed by atoms with van der Waals surface area (Å²) >= 11 is 0. The van der Waals surface area contributed by atoms with Crippen LogP contribution in [0.5, 0.6) is 0 Å². The molecule has 3 atom stereocenters. The first-order valence-corrected chi connectivity index (χ1v) is 21.8. The van der Waals surface area contributed by atoms with Gasteiger partial charge in [-0.15, -0.1) is 0 Å². The lowest BCUT2D eigenvalue weighted by Crippen LogP contribution is -2.43. The predicted molar refractivity (Wildman–Crippen MR) is 226 cm³/mol. The minimum atomic E-state index is -4.78. The number of hydrogen-bond acceptors (Lipinski definition) is 8. The molecule has 0 bridgehead atoms. The SMILES string of the molecule is CC/C=C\C/C=C\C/C=C\C/C=C\C/C=C\CCCC(=O)NC(COP(=O)(O)OCC(O)COC(=O)CCCCCCC/C=C\C/C=C\C/C=C\CC)C(=O)O. The Morgan fingerprint density at radius 3 is 1.50 bits per heavy atom. The first-order chi connectivity index (χ1) is 27.1. The molecule has 0 aromatic carbocycles. The van der Waals surface area contributed by atoms with Gasteiger partial charge in [-0.3, -0.25) is 18.6 Å². The normalized spacial score (nSPS) is 14.8. The van der Waals surface area contributed by atoms with Crippen LogP contribution in [0.4, 0.5) is 0 Å². The van der Waals surface area contributed by atoms with Crippen molar-refractivity contribution >= 4 is 25.7 Å². The average molecular weight is 804 g/mol. The van der Waals surface area contributed by atoms with Crippen LogP contribution in [0.1, 0.15) is 129 Å². The lowest BCUT2D eigenvalue weighted by atomic mass is 10.1. The fraction of sp³-hybridized carbons (Fsp3) is 0.568. The number of carboxylic acids is 1. The zero-order valence-electron chi connectivity index (χ0n) is 33.9. The number of rotatable bonds is 36. The van der Waals surface area contributed by atoms with Crippen LogP contribution in [0, 0.1) is 0 Å². The number of amides is 1. The number of carboxylic acid groups (broad SMARTS) is 1. The smallest absolute Gasteiger partial charge is 0.472 e. The van der Waals surface area contributed by atoms with E-state index in [1.165, 1.54) is 0 Å². The fourth-order valence-electron chi connectivity index (χ4n) is 4.77. The Labute approximate surface area is 336 Å². The number of aliphatic carboxylic acids is 1. The Morgan fingerprint density at radius 2 is 1.00 bits per heavy atom. The summed E-state index contributed by atoms with van der Waals surface area (Å²) < 4.78 is 26.7. The molecule has 56 heavy (non-hydrogen) atoms. The van der Waals surface area contributed by atoms with E-state index in [4.69, 9.17) is 13.8 Å². The van der Waals surface area contributed by atoms with E-state index in [0.29, 0.717) is 19.3 Å². The molecular weight excluding hydrogens is 733 g/mol. The van der Waals surface area contributed by atoms with E-state index in [-0.39, 0.29) is 12.8 Å². The number of ether oxygens (including phenoxy) is 1. The lowest BCUT2D eigenvalue weighted by Gasteiger charge is -2.18. The van der Waals surface area contributed by atoms with Crippen LogP contribution in [0.2, 0.25) is 0 Å². The number of aliphatic hydroxyl groups is 1. The molecular formula is C44H70NO10P. The van der Waals surface area contributed by atoms with Crippen LogP contribution in [0.15, 0.2) is 97.2 Å². The van der Waals surface area contributed by atoms with E-state index in [2.05, 4.69) is 104 Å². The van der Waals surface area contributed by atoms with E-state index in [1.807, 2.05) is 12.2 Å². The number of aliphatic hydroxyl groups excluding tert-OH is 1. The maximum Gasteiger partial charge on any atom is 0.472 e. The molecule has 316 valence electrons. The highest BCUT2D eigenvalue weighted by atomic mass is 31.2. The molecule has 0 aromatic rings. The van der Waals surface area contributed by atoms with Crippen molar-refractivity contribution in [2.75, 3.05) is 19.8 Å². The molecule has 0 aliphatic carbocycles. The second kappa shape index (κ2) is 38.3. The van der Waals surface area contributed by atoms with Crippen LogP contribution >= 0.6 is 7.82 Å². The van der Waals surface area contributed by atoms with E-state index >= 15 is 0 Å². The van der Waals surface area contributed by atoms with Gasteiger partial charge in [-0.05, 0) is 83.5 Å². The molecule has 0 heterocycles. The molecule has 0 fully saturated rings. The van der Waals surface area contributed by atoms with Gasteiger partial charge in [-0.25, -0.2) is 9.36 Å². The van der Waals surface area contributed by atoms with Gasteiger partial charge >= 0.3 is 19.8 Å². The van der Waals surface area contributed by atoms with Crippen molar-refractivity contribution in [2.24, 2.45) is 0 Å². The van der Waals surface area contributed by atoms with E-state index in [0.717, 1.165) is 83.5 Å². The molecule has 4 N–H and O–H groups in total. The van der Waals surface area contributed by atoms with Crippen molar-refractivity contribution in [3.05, 3.63) is 97.2 Å². The fourth-order valence-corrected chi connectivity index (χ4v) is 5.55. The highest BCUT2D eigenvalue weighted by Gasteiger charge is 2.28.